The molecule has 7 nitrogen and oxygen atoms in total. The van der Waals surface area contributed by atoms with E-state index in [1.165, 1.54) is 17.0 Å². The number of nitrogens with zero attached hydrogens (tertiary/aromatic N) is 2. The number of halogens is 2. The van der Waals surface area contributed by atoms with Gasteiger partial charge in [0.25, 0.3) is 10.0 Å². The highest BCUT2D eigenvalue weighted by atomic mass is 35.5. The summed E-state index contributed by atoms with van der Waals surface area (Å²) in [6.07, 6.45) is 4.45. The molecule has 10 heteroatoms. The smallest absolute Gasteiger partial charge is 0.264 e. The van der Waals surface area contributed by atoms with Crippen molar-refractivity contribution >= 4 is 50.7 Å². The Kier molecular flexibility index (Phi) is 10.3. The number of nitrogens with one attached hydrogen (secondary N) is 1. The summed E-state index contributed by atoms with van der Waals surface area (Å²) in [7, 11) is -4.12. The van der Waals surface area contributed by atoms with Crippen LogP contribution in [0.1, 0.15) is 50.7 Å². The lowest BCUT2D eigenvalue weighted by Crippen LogP contribution is -2.52. The van der Waals surface area contributed by atoms with Crippen LogP contribution < -0.4 is 9.62 Å². The second-order valence-corrected chi connectivity index (χ2v) is 12.9. The highest BCUT2D eigenvalue weighted by Crippen LogP contribution is 2.29. The van der Waals surface area contributed by atoms with Crippen molar-refractivity contribution in [2.24, 2.45) is 0 Å². The van der Waals surface area contributed by atoms with Crippen LogP contribution in [0.4, 0.5) is 5.69 Å². The van der Waals surface area contributed by atoms with Crippen LogP contribution in [0.25, 0.3) is 0 Å². The molecule has 0 heterocycles. The summed E-state index contributed by atoms with van der Waals surface area (Å²) in [6, 6.07) is 19.3. The number of amides is 2. The Morgan fingerprint density at radius 2 is 1.61 bits per heavy atom. The van der Waals surface area contributed by atoms with Gasteiger partial charge in [-0.1, -0.05) is 85.4 Å². The first kappa shape index (κ1) is 30.9. The second-order valence-electron chi connectivity index (χ2n) is 10.2. The standard InChI is InChI=1S/C31H35Cl2N3O4S/c1-3-23-11-7-10-16-29(23)36(41(39,40)27-14-5-4-6-15-27)21-30(37)35(20-24-17-18-25(32)19-28(24)33)22(2)31(38)34-26-12-8-9-13-26/h4-7,10-11,14-19,22,26H,3,8-9,12-13,20-21H2,1-2H3,(H,34,38). The largest absolute Gasteiger partial charge is 0.352 e. The molecule has 0 aliphatic heterocycles. The minimum atomic E-state index is -4.12. The molecule has 0 aromatic heterocycles. The number of hydrogen-bond donors (Lipinski definition) is 1. The molecule has 3 aromatic rings. The summed E-state index contributed by atoms with van der Waals surface area (Å²) in [5.74, 6) is -0.822. The quantitative estimate of drug-likeness (QED) is 0.277. The molecule has 1 N–H and O–H groups in total. The first-order valence-corrected chi connectivity index (χ1v) is 16.0. The van der Waals surface area contributed by atoms with Crippen molar-refractivity contribution in [3.8, 4) is 0 Å². The van der Waals surface area contributed by atoms with Crippen molar-refractivity contribution in [2.45, 2.75) is 69.5 Å². The third kappa shape index (κ3) is 7.42. The van der Waals surface area contributed by atoms with Crippen LogP contribution in [0, 0.1) is 0 Å². The van der Waals surface area contributed by atoms with Gasteiger partial charge >= 0.3 is 0 Å². The maximum absolute atomic E-state index is 14.1. The summed E-state index contributed by atoms with van der Waals surface area (Å²) in [4.78, 5) is 29.0. The average molecular weight is 617 g/mol. The predicted octanol–water partition coefficient (Wildman–Crippen LogP) is 6.23. The topological polar surface area (TPSA) is 86.8 Å². The lowest BCUT2D eigenvalue weighted by Gasteiger charge is -2.33. The SMILES string of the molecule is CCc1ccccc1N(CC(=O)N(Cc1ccc(Cl)cc1Cl)C(C)C(=O)NC1CCCC1)S(=O)(=O)c1ccccc1. The van der Waals surface area contributed by atoms with E-state index in [9.17, 15) is 18.0 Å². The fourth-order valence-corrected chi connectivity index (χ4v) is 7.04. The van der Waals surface area contributed by atoms with Crippen LogP contribution in [0.5, 0.6) is 0 Å². The molecule has 41 heavy (non-hydrogen) atoms. The zero-order valence-electron chi connectivity index (χ0n) is 23.2. The van der Waals surface area contributed by atoms with E-state index in [1.54, 1.807) is 55.5 Å². The number of hydrogen-bond acceptors (Lipinski definition) is 4. The number of carbonyl (C=O) groups is 2. The molecule has 218 valence electrons. The molecule has 4 rings (SSSR count). The Labute approximate surface area is 252 Å². The lowest BCUT2D eigenvalue weighted by atomic mass is 10.1. The maximum Gasteiger partial charge on any atom is 0.264 e. The van der Waals surface area contributed by atoms with Crippen LogP contribution >= 0.6 is 23.2 Å². The van der Waals surface area contributed by atoms with Gasteiger partial charge in [-0.3, -0.25) is 13.9 Å². The van der Waals surface area contributed by atoms with Crippen molar-refractivity contribution in [3.05, 3.63) is 94.0 Å². The number of para-hydroxylation sites is 1. The predicted molar refractivity (Wildman–Crippen MR) is 164 cm³/mol. The van der Waals surface area contributed by atoms with Crippen LogP contribution in [-0.4, -0.2) is 43.8 Å². The maximum atomic E-state index is 14.1. The molecule has 1 fully saturated rings. The van der Waals surface area contributed by atoms with E-state index >= 15 is 0 Å². The second kappa shape index (κ2) is 13.7. The number of carbonyl (C=O) groups excluding carboxylic acids is 2. The Morgan fingerprint density at radius 1 is 0.951 bits per heavy atom. The Morgan fingerprint density at radius 3 is 2.27 bits per heavy atom. The van der Waals surface area contributed by atoms with E-state index in [2.05, 4.69) is 5.32 Å². The van der Waals surface area contributed by atoms with Gasteiger partial charge in [0.2, 0.25) is 11.8 Å². The summed E-state index contributed by atoms with van der Waals surface area (Å²) >= 11 is 12.6. The highest BCUT2D eigenvalue weighted by Gasteiger charge is 2.34. The number of sulfonamides is 1. The fourth-order valence-electron chi connectivity index (χ4n) is 5.09. The van der Waals surface area contributed by atoms with Gasteiger partial charge in [-0.05, 0) is 67.6 Å². The minimum Gasteiger partial charge on any atom is -0.352 e. The molecule has 1 unspecified atom stereocenters. The molecule has 1 saturated carbocycles. The number of aryl methyl sites for hydroxylation is 1. The van der Waals surface area contributed by atoms with Crippen molar-refractivity contribution < 1.29 is 18.0 Å². The van der Waals surface area contributed by atoms with Crippen molar-refractivity contribution in [2.75, 3.05) is 10.8 Å². The van der Waals surface area contributed by atoms with E-state index in [-0.39, 0.29) is 23.4 Å². The highest BCUT2D eigenvalue weighted by molar-refractivity contribution is 7.92. The lowest BCUT2D eigenvalue weighted by molar-refractivity contribution is -0.139. The number of rotatable bonds is 11. The van der Waals surface area contributed by atoms with Gasteiger partial charge in [0, 0.05) is 22.6 Å². The average Bonchev–Trinajstić information content (AvgIpc) is 3.48. The Balaban J connectivity index is 1.72. The van der Waals surface area contributed by atoms with E-state index in [0.29, 0.717) is 27.7 Å². The van der Waals surface area contributed by atoms with Crippen molar-refractivity contribution in [1.29, 1.82) is 0 Å². The third-order valence-corrected chi connectivity index (χ3v) is 9.84. The van der Waals surface area contributed by atoms with Crippen LogP contribution in [0.2, 0.25) is 10.0 Å². The van der Waals surface area contributed by atoms with Gasteiger partial charge in [-0.2, -0.15) is 0 Å². The van der Waals surface area contributed by atoms with Crippen LogP contribution in [0.15, 0.2) is 77.7 Å². The fraction of sp³-hybridized carbons (Fsp3) is 0.355. The van der Waals surface area contributed by atoms with Gasteiger partial charge in [0.05, 0.1) is 10.6 Å². The van der Waals surface area contributed by atoms with E-state index in [1.807, 2.05) is 19.1 Å². The van der Waals surface area contributed by atoms with E-state index in [4.69, 9.17) is 23.2 Å². The van der Waals surface area contributed by atoms with Crippen LogP contribution in [-0.2, 0) is 32.6 Å². The van der Waals surface area contributed by atoms with E-state index in [0.717, 1.165) is 35.6 Å². The Bertz CT molecular complexity index is 1480. The molecule has 1 aliphatic carbocycles. The minimum absolute atomic E-state index is 0.00272. The van der Waals surface area contributed by atoms with Crippen LogP contribution in [0.3, 0.4) is 0 Å². The molecular weight excluding hydrogens is 581 g/mol. The van der Waals surface area contributed by atoms with Gasteiger partial charge < -0.3 is 10.2 Å². The van der Waals surface area contributed by atoms with Gasteiger partial charge in [0.15, 0.2) is 0 Å². The van der Waals surface area contributed by atoms with Gasteiger partial charge in [0.1, 0.15) is 12.6 Å². The molecule has 0 radical (unpaired) electrons. The zero-order chi connectivity index (χ0) is 29.6. The molecule has 1 aliphatic rings. The first-order valence-electron chi connectivity index (χ1n) is 13.8. The van der Waals surface area contributed by atoms with E-state index < -0.39 is 28.5 Å². The molecular formula is C31H35Cl2N3O4S. The number of benzene rings is 3. The van der Waals surface area contributed by atoms with Crippen molar-refractivity contribution in [3.63, 3.8) is 0 Å². The molecule has 0 spiro atoms. The monoisotopic (exact) mass is 615 g/mol. The zero-order valence-corrected chi connectivity index (χ0v) is 25.6. The third-order valence-electron chi connectivity index (χ3n) is 7.48. The van der Waals surface area contributed by atoms with Gasteiger partial charge in [-0.15, -0.1) is 0 Å². The van der Waals surface area contributed by atoms with Crippen molar-refractivity contribution in [1.82, 2.24) is 10.2 Å². The first-order chi connectivity index (χ1) is 19.6. The summed E-state index contributed by atoms with van der Waals surface area (Å²) in [5, 5.41) is 3.86. The normalized spacial score (nSPS) is 14.4. The van der Waals surface area contributed by atoms with Gasteiger partial charge in [-0.25, -0.2) is 8.42 Å². The molecule has 3 aromatic carbocycles. The Hall–Kier alpha value is -3.07. The molecule has 0 bridgehead atoms. The summed E-state index contributed by atoms with van der Waals surface area (Å²) in [6.45, 7) is 3.09. The molecule has 0 saturated heterocycles. The number of anilines is 1. The molecule has 1 atom stereocenters. The molecule has 2 amide bonds. The summed E-state index contributed by atoms with van der Waals surface area (Å²) in [5.41, 5.74) is 1.79. The summed E-state index contributed by atoms with van der Waals surface area (Å²) < 4.78 is 29.1.